The molecule has 0 radical (unpaired) electrons. The van der Waals surface area contributed by atoms with Crippen LogP contribution in [0.15, 0.2) is 121 Å². The fourth-order valence-corrected chi connectivity index (χ4v) is 8.56. The Morgan fingerprint density at radius 1 is 0.630 bits per heavy atom. The maximum Gasteiger partial charge on any atom is 0.197 e. The largest absolute Gasteiger partial charge is 0.310 e. The van der Waals surface area contributed by atoms with Crippen LogP contribution in [0.1, 0.15) is 51.3 Å². The molecule has 0 atom stereocenters. The van der Waals surface area contributed by atoms with Crippen LogP contribution in [0, 0.1) is 0 Å². The third-order valence-corrected chi connectivity index (χ3v) is 11.9. The van der Waals surface area contributed by atoms with Crippen LogP contribution in [0.25, 0.3) is 27.6 Å². The molecular formula is C42H35NO2Si. The summed E-state index contributed by atoms with van der Waals surface area (Å²) in [5.41, 5.74) is 7.93. The third kappa shape index (κ3) is 4.24. The molecule has 0 saturated carbocycles. The number of hydrogen-bond donors (Lipinski definition) is 0. The molecule has 6 aromatic carbocycles. The molecule has 1 heterocycles. The van der Waals surface area contributed by atoms with Crippen LogP contribution in [0.4, 0.5) is 17.1 Å². The summed E-state index contributed by atoms with van der Waals surface area (Å²) in [6, 6.07) is 40.0. The first-order valence-electron chi connectivity index (χ1n) is 15.9. The van der Waals surface area contributed by atoms with Gasteiger partial charge in [0.25, 0.3) is 0 Å². The van der Waals surface area contributed by atoms with E-state index in [1.165, 1.54) is 33.1 Å². The SMILES string of the molecule is CC1(C)c2ccc([Si](C)(C)C)cc2N(c2ccccc2)c2ccc3cc(C=C4C(=O)c5cc6ccccc6cc5C4=O)ccc3c21. The lowest BCUT2D eigenvalue weighted by Crippen LogP contribution is -2.39. The highest BCUT2D eigenvalue weighted by Crippen LogP contribution is 2.53. The van der Waals surface area contributed by atoms with Crippen molar-refractivity contribution in [1.82, 2.24) is 0 Å². The van der Waals surface area contributed by atoms with Crippen LogP contribution in [0.3, 0.4) is 0 Å². The molecule has 3 nitrogen and oxygen atoms in total. The number of ketones is 2. The minimum absolute atomic E-state index is 0.203. The van der Waals surface area contributed by atoms with Gasteiger partial charge in [0.15, 0.2) is 11.6 Å². The van der Waals surface area contributed by atoms with Crippen LogP contribution in [-0.2, 0) is 5.41 Å². The van der Waals surface area contributed by atoms with Gasteiger partial charge >= 0.3 is 0 Å². The average Bonchev–Trinajstić information content (AvgIpc) is 3.27. The predicted octanol–water partition coefficient (Wildman–Crippen LogP) is 10.1. The molecule has 0 spiro atoms. The van der Waals surface area contributed by atoms with Gasteiger partial charge in [-0.2, -0.15) is 0 Å². The number of carbonyl (C=O) groups excluding carboxylic acids is 2. The van der Waals surface area contributed by atoms with Gasteiger partial charge < -0.3 is 4.90 Å². The van der Waals surface area contributed by atoms with Gasteiger partial charge in [-0.1, -0.05) is 111 Å². The normalized spacial score (nSPS) is 15.2. The number of anilines is 3. The zero-order valence-electron chi connectivity index (χ0n) is 26.8. The van der Waals surface area contributed by atoms with Gasteiger partial charge in [-0.05, 0) is 86.8 Å². The van der Waals surface area contributed by atoms with E-state index >= 15 is 0 Å². The van der Waals surface area contributed by atoms with E-state index in [1.54, 1.807) is 6.08 Å². The molecule has 224 valence electrons. The van der Waals surface area contributed by atoms with Crippen LogP contribution >= 0.6 is 0 Å². The van der Waals surface area contributed by atoms with Gasteiger partial charge in [0.05, 0.1) is 25.0 Å². The van der Waals surface area contributed by atoms with E-state index in [9.17, 15) is 9.59 Å². The molecule has 46 heavy (non-hydrogen) atoms. The summed E-state index contributed by atoms with van der Waals surface area (Å²) in [4.78, 5) is 29.4. The molecule has 0 saturated heterocycles. The second kappa shape index (κ2) is 9.97. The number of benzene rings is 6. The fourth-order valence-electron chi connectivity index (χ4n) is 7.41. The highest BCUT2D eigenvalue weighted by Gasteiger charge is 2.39. The Labute approximate surface area is 270 Å². The van der Waals surface area contributed by atoms with Crippen molar-refractivity contribution in [3.63, 3.8) is 0 Å². The van der Waals surface area contributed by atoms with Crippen LogP contribution in [-0.4, -0.2) is 19.6 Å². The highest BCUT2D eigenvalue weighted by molar-refractivity contribution is 6.88. The van der Waals surface area contributed by atoms with E-state index in [0.717, 1.165) is 27.4 Å². The van der Waals surface area contributed by atoms with Crippen LogP contribution < -0.4 is 10.1 Å². The first-order chi connectivity index (χ1) is 22.0. The summed E-state index contributed by atoms with van der Waals surface area (Å²) in [5, 5.41) is 5.62. The van der Waals surface area contributed by atoms with Crippen LogP contribution in [0.2, 0.25) is 19.6 Å². The van der Waals surface area contributed by atoms with Gasteiger partial charge in [0.2, 0.25) is 0 Å². The zero-order chi connectivity index (χ0) is 32.0. The van der Waals surface area contributed by atoms with Crippen molar-refractivity contribution in [3.8, 4) is 0 Å². The number of nitrogens with zero attached hydrogens (tertiary/aromatic N) is 1. The number of Topliss-reactive ketones (excluding diaryl/α,β-unsaturated/α-hetero) is 2. The molecule has 1 aliphatic heterocycles. The third-order valence-electron chi connectivity index (χ3n) is 9.86. The number of fused-ring (bicyclic) bond motifs is 6. The van der Waals surface area contributed by atoms with E-state index in [-0.39, 0.29) is 22.6 Å². The standard InChI is InChI=1S/C42H35NO2Si/c1-42(2)36-19-17-31(46(3,4)5)25-38(36)43(30-13-7-6-8-14-30)37-20-16-29-21-26(15-18-32(29)39(37)42)22-35-40(44)33-23-27-11-9-10-12-28(27)24-34(33)41(35)45/h6-25H,1-5H3. The summed E-state index contributed by atoms with van der Waals surface area (Å²) in [6.45, 7) is 11.9. The van der Waals surface area contributed by atoms with Crippen molar-refractivity contribution >= 4 is 69.5 Å². The molecule has 0 aromatic heterocycles. The lowest BCUT2D eigenvalue weighted by atomic mass is 9.71. The summed E-state index contributed by atoms with van der Waals surface area (Å²) < 4.78 is 0. The number of allylic oxidation sites excluding steroid dienone is 1. The maximum absolute atomic E-state index is 13.5. The molecule has 0 unspecified atom stereocenters. The van der Waals surface area contributed by atoms with Crippen molar-refractivity contribution in [2.75, 3.05) is 4.90 Å². The molecular weight excluding hydrogens is 579 g/mol. The summed E-state index contributed by atoms with van der Waals surface area (Å²) in [7, 11) is -1.55. The van der Waals surface area contributed by atoms with Gasteiger partial charge in [0, 0.05) is 22.2 Å². The Kier molecular flexibility index (Phi) is 6.16. The van der Waals surface area contributed by atoms with E-state index in [2.05, 4.69) is 111 Å². The molecule has 0 bridgehead atoms. The Bertz CT molecular complexity index is 2250. The lowest BCUT2D eigenvalue weighted by molar-refractivity contribution is 0.0990. The van der Waals surface area contributed by atoms with Crippen molar-refractivity contribution in [1.29, 1.82) is 0 Å². The first kappa shape index (κ1) is 28.4. The number of hydrogen-bond acceptors (Lipinski definition) is 3. The Morgan fingerprint density at radius 2 is 1.28 bits per heavy atom. The molecule has 0 fully saturated rings. The number of carbonyl (C=O) groups is 2. The molecule has 4 heteroatoms. The highest BCUT2D eigenvalue weighted by atomic mass is 28.3. The second-order valence-electron chi connectivity index (χ2n) is 14.2. The van der Waals surface area contributed by atoms with Gasteiger partial charge in [-0.25, -0.2) is 0 Å². The van der Waals surface area contributed by atoms with E-state index in [1.807, 2.05) is 42.5 Å². The average molecular weight is 614 g/mol. The molecule has 2 aliphatic rings. The van der Waals surface area contributed by atoms with E-state index in [0.29, 0.717) is 11.1 Å². The van der Waals surface area contributed by atoms with E-state index in [4.69, 9.17) is 0 Å². The van der Waals surface area contributed by atoms with Crippen molar-refractivity contribution in [2.24, 2.45) is 0 Å². The smallest absolute Gasteiger partial charge is 0.197 e. The van der Waals surface area contributed by atoms with Crippen molar-refractivity contribution < 1.29 is 9.59 Å². The Morgan fingerprint density at radius 3 is 1.93 bits per heavy atom. The van der Waals surface area contributed by atoms with Gasteiger partial charge in [-0.3, -0.25) is 9.59 Å². The Hall–Kier alpha value is -5.06. The predicted molar refractivity (Wildman–Crippen MR) is 194 cm³/mol. The minimum atomic E-state index is -1.55. The first-order valence-corrected chi connectivity index (χ1v) is 19.4. The van der Waals surface area contributed by atoms with Crippen LogP contribution in [0.5, 0.6) is 0 Å². The summed E-state index contributed by atoms with van der Waals surface area (Å²) in [5.74, 6) is -0.407. The number of para-hydroxylation sites is 1. The molecule has 6 aromatic rings. The van der Waals surface area contributed by atoms with Crippen molar-refractivity contribution in [2.45, 2.75) is 38.9 Å². The maximum atomic E-state index is 13.5. The quantitative estimate of drug-likeness (QED) is 0.113. The summed E-state index contributed by atoms with van der Waals surface area (Å²) >= 11 is 0. The molecule has 0 N–H and O–H groups in total. The monoisotopic (exact) mass is 613 g/mol. The number of rotatable bonds is 3. The Balaban J connectivity index is 1.27. The zero-order valence-corrected chi connectivity index (χ0v) is 27.8. The van der Waals surface area contributed by atoms with Crippen molar-refractivity contribution in [3.05, 3.63) is 149 Å². The topological polar surface area (TPSA) is 37.4 Å². The van der Waals surface area contributed by atoms with Gasteiger partial charge in [-0.15, -0.1) is 0 Å². The summed E-state index contributed by atoms with van der Waals surface area (Å²) in [6.07, 6.45) is 1.77. The second-order valence-corrected chi connectivity index (χ2v) is 19.3. The molecule has 8 rings (SSSR count). The molecule has 1 aliphatic carbocycles. The fraction of sp³-hybridized carbons (Fsp3) is 0.143. The van der Waals surface area contributed by atoms with Gasteiger partial charge in [0.1, 0.15) is 0 Å². The lowest BCUT2D eigenvalue weighted by Gasteiger charge is -2.43. The van der Waals surface area contributed by atoms with E-state index < -0.39 is 8.07 Å². The minimum Gasteiger partial charge on any atom is -0.310 e. The molecule has 0 amide bonds.